The van der Waals surface area contributed by atoms with Crippen molar-refractivity contribution in [3.63, 3.8) is 0 Å². The van der Waals surface area contributed by atoms with Crippen LogP contribution in [-0.4, -0.2) is 58.9 Å². The standard InChI is InChI=1S/C19H18ClN5O5S/c20-15-6-4-14(5-7-15)19-21-18(30-22-19)13-23-8-10-24(11-9-23)31(28,29)17-3-1-2-16(12-17)25(26)27/h1-7,12H,8-11,13H2. The highest BCUT2D eigenvalue weighted by Crippen LogP contribution is 2.23. The van der Waals surface area contributed by atoms with Gasteiger partial charge in [0.1, 0.15) is 0 Å². The van der Waals surface area contributed by atoms with Crippen molar-refractivity contribution >= 4 is 27.3 Å². The van der Waals surface area contributed by atoms with Crippen molar-refractivity contribution in [1.82, 2.24) is 19.3 Å². The van der Waals surface area contributed by atoms with E-state index in [2.05, 4.69) is 10.1 Å². The van der Waals surface area contributed by atoms with E-state index in [1.54, 1.807) is 24.3 Å². The van der Waals surface area contributed by atoms with Gasteiger partial charge in [0.2, 0.25) is 21.7 Å². The summed E-state index contributed by atoms with van der Waals surface area (Å²) in [6.45, 7) is 1.83. The van der Waals surface area contributed by atoms with E-state index >= 15 is 0 Å². The van der Waals surface area contributed by atoms with Crippen LogP contribution in [0.4, 0.5) is 5.69 Å². The summed E-state index contributed by atoms with van der Waals surface area (Å²) < 4.78 is 32.3. The first kappa shape index (κ1) is 21.4. The summed E-state index contributed by atoms with van der Waals surface area (Å²) in [7, 11) is -3.81. The molecule has 1 fully saturated rings. The van der Waals surface area contributed by atoms with Crippen molar-refractivity contribution in [2.75, 3.05) is 26.2 Å². The molecule has 0 N–H and O–H groups in total. The van der Waals surface area contributed by atoms with E-state index in [-0.39, 0.29) is 23.7 Å². The van der Waals surface area contributed by atoms with Crippen LogP contribution in [0.5, 0.6) is 0 Å². The molecule has 3 aromatic rings. The van der Waals surface area contributed by atoms with Gasteiger partial charge in [0.05, 0.1) is 16.4 Å². The van der Waals surface area contributed by atoms with Crippen LogP contribution in [0.25, 0.3) is 11.4 Å². The maximum atomic E-state index is 12.8. The van der Waals surface area contributed by atoms with Gasteiger partial charge in [-0.1, -0.05) is 22.8 Å². The predicted molar refractivity (Wildman–Crippen MR) is 112 cm³/mol. The fourth-order valence-electron chi connectivity index (χ4n) is 3.26. The van der Waals surface area contributed by atoms with Gasteiger partial charge in [-0.3, -0.25) is 15.0 Å². The molecule has 1 saturated heterocycles. The van der Waals surface area contributed by atoms with Crippen LogP contribution >= 0.6 is 11.6 Å². The maximum Gasteiger partial charge on any atom is 0.270 e. The zero-order valence-corrected chi connectivity index (χ0v) is 17.8. The number of nitrogens with zero attached hydrogens (tertiary/aromatic N) is 5. The number of nitro groups is 1. The van der Waals surface area contributed by atoms with E-state index in [0.717, 1.165) is 11.6 Å². The first-order valence-electron chi connectivity index (χ1n) is 9.38. The molecule has 0 saturated carbocycles. The van der Waals surface area contributed by atoms with Crippen LogP contribution in [0.3, 0.4) is 0 Å². The summed E-state index contributed by atoms with van der Waals surface area (Å²) in [4.78, 5) is 16.6. The lowest BCUT2D eigenvalue weighted by Gasteiger charge is -2.33. The van der Waals surface area contributed by atoms with E-state index in [1.807, 2.05) is 4.90 Å². The highest BCUT2D eigenvalue weighted by molar-refractivity contribution is 7.89. The number of nitro benzene ring substituents is 1. The molecule has 0 radical (unpaired) electrons. The van der Waals surface area contributed by atoms with Crippen molar-refractivity contribution in [2.24, 2.45) is 0 Å². The number of non-ortho nitro benzene ring substituents is 1. The maximum absolute atomic E-state index is 12.8. The molecule has 0 atom stereocenters. The van der Waals surface area contributed by atoms with Crippen molar-refractivity contribution in [3.8, 4) is 11.4 Å². The molecule has 12 heteroatoms. The largest absolute Gasteiger partial charge is 0.338 e. The van der Waals surface area contributed by atoms with E-state index in [0.29, 0.717) is 36.4 Å². The number of hydrogen-bond donors (Lipinski definition) is 0. The molecule has 10 nitrogen and oxygen atoms in total. The molecule has 2 aromatic carbocycles. The quantitative estimate of drug-likeness (QED) is 0.404. The first-order chi connectivity index (χ1) is 14.8. The number of hydrogen-bond acceptors (Lipinski definition) is 8. The van der Waals surface area contributed by atoms with Gasteiger partial charge in [0.25, 0.3) is 5.69 Å². The zero-order valence-electron chi connectivity index (χ0n) is 16.2. The number of halogens is 1. The fraction of sp³-hybridized carbons (Fsp3) is 0.263. The minimum Gasteiger partial charge on any atom is -0.338 e. The molecule has 0 bridgehead atoms. The third kappa shape index (κ3) is 4.74. The van der Waals surface area contributed by atoms with E-state index in [4.69, 9.17) is 16.1 Å². The molecule has 31 heavy (non-hydrogen) atoms. The Morgan fingerprint density at radius 2 is 1.81 bits per heavy atom. The molecule has 1 aliphatic rings. The van der Waals surface area contributed by atoms with Crippen LogP contribution in [0, 0.1) is 10.1 Å². The predicted octanol–water partition coefficient (Wildman–Crippen LogP) is 2.80. The second-order valence-electron chi connectivity index (χ2n) is 6.95. The van der Waals surface area contributed by atoms with Crippen LogP contribution in [0.15, 0.2) is 57.9 Å². The summed E-state index contributed by atoms with van der Waals surface area (Å²) in [6.07, 6.45) is 0. The number of aromatic nitrogens is 2. The molecule has 2 heterocycles. The Bertz CT molecular complexity index is 1190. The minimum atomic E-state index is -3.81. The SMILES string of the molecule is O=[N+]([O-])c1cccc(S(=O)(=O)N2CCN(Cc3nc(-c4ccc(Cl)cc4)no3)CC2)c1. The van der Waals surface area contributed by atoms with E-state index in [9.17, 15) is 18.5 Å². The molecule has 0 spiro atoms. The molecule has 0 aliphatic carbocycles. The molecule has 0 amide bonds. The van der Waals surface area contributed by atoms with Gasteiger partial charge in [0, 0.05) is 48.9 Å². The van der Waals surface area contributed by atoms with Crippen LogP contribution < -0.4 is 0 Å². The Morgan fingerprint density at radius 1 is 1.10 bits per heavy atom. The highest BCUT2D eigenvalue weighted by Gasteiger charge is 2.30. The first-order valence-corrected chi connectivity index (χ1v) is 11.2. The molecular formula is C19H18ClN5O5S. The Kier molecular flexibility index (Phi) is 6.01. The lowest BCUT2D eigenvalue weighted by atomic mass is 10.2. The molecule has 1 aromatic heterocycles. The zero-order chi connectivity index (χ0) is 22.0. The third-order valence-corrected chi connectivity index (χ3v) is 7.07. The van der Waals surface area contributed by atoms with Crippen LogP contribution in [0.1, 0.15) is 5.89 Å². The summed E-state index contributed by atoms with van der Waals surface area (Å²) in [5.74, 6) is 0.887. The summed E-state index contributed by atoms with van der Waals surface area (Å²) in [5.41, 5.74) is 0.528. The average molecular weight is 464 g/mol. The normalized spacial score (nSPS) is 15.8. The van der Waals surface area contributed by atoms with Gasteiger partial charge < -0.3 is 4.52 Å². The summed E-state index contributed by atoms with van der Waals surface area (Å²) >= 11 is 5.89. The lowest BCUT2D eigenvalue weighted by molar-refractivity contribution is -0.385. The van der Waals surface area contributed by atoms with E-state index in [1.165, 1.54) is 22.5 Å². The van der Waals surface area contributed by atoms with Gasteiger partial charge in [-0.15, -0.1) is 0 Å². The van der Waals surface area contributed by atoms with Crippen LogP contribution in [-0.2, 0) is 16.6 Å². The van der Waals surface area contributed by atoms with Gasteiger partial charge in [-0.25, -0.2) is 8.42 Å². The van der Waals surface area contributed by atoms with Crippen molar-refractivity contribution in [1.29, 1.82) is 0 Å². The average Bonchev–Trinajstić information content (AvgIpc) is 3.23. The Morgan fingerprint density at radius 3 is 2.48 bits per heavy atom. The molecule has 1 aliphatic heterocycles. The molecule has 4 rings (SSSR count). The second kappa shape index (κ2) is 8.71. The van der Waals surface area contributed by atoms with Crippen molar-refractivity contribution in [3.05, 3.63) is 69.6 Å². The number of benzene rings is 2. The topological polar surface area (TPSA) is 123 Å². The second-order valence-corrected chi connectivity index (χ2v) is 9.33. The smallest absolute Gasteiger partial charge is 0.270 e. The van der Waals surface area contributed by atoms with Crippen molar-refractivity contribution < 1.29 is 17.9 Å². The fourth-order valence-corrected chi connectivity index (χ4v) is 4.85. The van der Waals surface area contributed by atoms with Gasteiger partial charge in [0.15, 0.2) is 0 Å². The van der Waals surface area contributed by atoms with Gasteiger partial charge >= 0.3 is 0 Å². The number of piperazine rings is 1. The van der Waals surface area contributed by atoms with E-state index < -0.39 is 14.9 Å². The van der Waals surface area contributed by atoms with Gasteiger partial charge in [-0.05, 0) is 30.3 Å². The monoisotopic (exact) mass is 463 g/mol. The van der Waals surface area contributed by atoms with Crippen molar-refractivity contribution in [2.45, 2.75) is 11.4 Å². The molecule has 162 valence electrons. The van der Waals surface area contributed by atoms with Gasteiger partial charge in [-0.2, -0.15) is 9.29 Å². The Balaban J connectivity index is 1.38. The molecule has 0 unspecified atom stereocenters. The lowest BCUT2D eigenvalue weighted by Crippen LogP contribution is -2.48. The number of rotatable bonds is 6. The molecular weight excluding hydrogens is 446 g/mol. The highest BCUT2D eigenvalue weighted by atomic mass is 35.5. The number of sulfonamides is 1. The summed E-state index contributed by atoms with van der Waals surface area (Å²) in [5, 5.41) is 15.5. The summed E-state index contributed by atoms with van der Waals surface area (Å²) in [6, 6.07) is 12.2. The minimum absolute atomic E-state index is 0.0837. The van der Waals surface area contributed by atoms with Crippen LogP contribution in [0.2, 0.25) is 5.02 Å². The third-order valence-electron chi connectivity index (χ3n) is 4.93. The Labute approximate surface area is 183 Å². The Hall–Kier alpha value is -2.86.